The molecule has 1 amide bonds. The lowest BCUT2D eigenvalue weighted by molar-refractivity contribution is -0.0556. The Morgan fingerprint density at radius 2 is 1.91 bits per heavy atom. The first-order valence-corrected chi connectivity index (χ1v) is 11.1. The van der Waals surface area contributed by atoms with E-state index in [2.05, 4.69) is 49.3 Å². The number of benzene rings is 1. The molecule has 0 saturated carbocycles. The number of methoxy groups -OCH3 is 1. The molecule has 170 valence electrons. The SMILES string of the molecule is COCCOC1CN(C(=O)c2cc3c(C)c(C)[nH]c3c(NCc3c(C)cccc3C)n2)C1. The molecule has 0 spiro atoms. The van der Waals surface area contributed by atoms with Crippen LogP contribution in [0.4, 0.5) is 5.82 Å². The molecular formula is C25H32N4O3. The molecule has 1 aliphatic rings. The summed E-state index contributed by atoms with van der Waals surface area (Å²) in [5.74, 6) is 0.644. The van der Waals surface area contributed by atoms with Gasteiger partial charge in [-0.2, -0.15) is 0 Å². The molecule has 1 aromatic carbocycles. The van der Waals surface area contributed by atoms with Crippen LogP contribution in [-0.2, 0) is 16.0 Å². The monoisotopic (exact) mass is 436 g/mol. The Bertz CT molecular complexity index is 1110. The Morgan fingerprint density at radius 3 is 2.59 bits per heavy atom. The van der Waals surface area contributed by atoms with Gasteiger partial charge in [-0.05, 0) is 56.0 Å². The number of nitrogens with zero attached hydrogens (tertiary/aromatic N) is 2. The topological polar surface area (TPSA) is 79.5 Å². The van der Waals surface area contributed by atoms with E-state index in [9.17, 15) is 4.79 Å². The first-order valence-electron chi connectivity index (χ1n) is 11.1. The summed E-state index contributed by atoms with van der Waals surface area (Å²) in [6, 6.07) is 8.20. The van der Waals surface area contributed by atoms with Gasteiger partial charge in [0, 0.05) is 37.8 Å². The van der Waals surface area contributed by atoms with Gasteiger partial charge in [0.05, 0.1) is 24.8 Å². The van der Waals surface area contributed by atoms with Crippen molar-refractivity contribution in [2.24, 2.45) is 0 Å². The van der Waals surface area contributed by atoms with Crippen molar-refractivity contribution in [1.29, 1.82) is 0 Å². The number of likely N-dealkylation sites (tertiary alicyclic amines) is 1. The van der Waals surface area contributed by atoms with Crippen LogP contribution in [0.2, 0.25) is 0 Å². The minimum atomic E-state index is -0.0631. The molecule has 1 saturated heterocycles. The number of aromatic nitrogens is 2. The van der Waals surface area contributed by atoms with Gasteiger partial charge in [0.1, 0.15) is 5.69 Å². The fraction of sp³-hybridized carbons (Fsp3) is 0.440. The van der Waals surface area contributed by atoms with Gasteiger partial charge in [-0.1, -0.05) is 18.2 Å². The zero-order valence-corrected chi connectivity index (χ0v) is 19.5. The summed E-state index contributed by atoms with van der Waals surface area (Å²) in [5.41, 5.74) is 7.33. The molecule has 7 nitrogen and oxygen atoms in total. The van der Waals surface area contributed by atoms with E-state index >= 15 is 0 Å². The molecule has 1 aliphatic heterocycles. The molecule has 4 rings (SSSR count). The normalized spacial score (nSPS) is 14.1. The fourth-order valence-electron chi connectivity index (χ4n) is 4.16. The average Bonchev–Trinajstić information content (AvgIpc) is 3.03. The summed E-state index contributed by atoms with van der Waals surface area (Å²) in [7, 11) is 1.65. The quantitative estimate of drug-likeness (QED) is 0.524. The molecule has 0 bridgehead atoms. The summed E-state index contributed by atoms with van der Waals surface area (Å²) < 4.78 is 10.7. The van der Waals surface area contributed by atoms with Gasteiger partial charge in [-0.25, -0.2) is 4.98 Å². The Balaban J connectivity index is 1.56. The number of carbonyl (C=O) groups is 1. The van der Waals surface area contributed by atoms with Crippen molar-refractivity contribution in [1.82, 2.24) is 14.9 Å². The minimum Gasteiger partial charge on any atom is -0.382 e. The Hall–Kier alpha value is -2.90. The van der Waals surface area contributed by atoms with Crippen molar-refractivity contribution in [3.63, 3.8) is 0 Å². The molecule has 2 N–H and O–H groups in total. The van der Waals surface area contributed by atoms with E-state index in [1.807, 2.05) is 13.0 Å². The molecule has 7 heteroatoms. The molecule has 0 aliphatic carbocycles. The lowest BCUT2D eigenvalue weighted by Crippen LogP contribution is -2.55. The molecule has 0 atom stereocenters. The smallest absolute Gasteiger partial charge is 0.272 e. The van der Waals surface area contributed by atoms with Crippen LogP contribution in [-0.4, -0.2) is 60.3 Å². The molecule has 0 radical (unpaired) electrons. The van der Waals surface area contributed by atoms with E-state index in [-0.39, 0.29) is 12.0 Å². The average molecular weight is 437 g/mol. The number of H-pyrrole nitrogens is 1. The van der Waals surface area contributed by atoms with E-state index in [4.69, 9.17) is 14.5 Å². The van der Waals surface area contributed by atoms with Gasteiger partial charge in [0.25, 0.3) is 5.91 Å². The maximum atomic E-state index is 13.1. The van der Waals surface area contributed by atoms with Crippen molar-refractivity contribution < 1.29 is 14.3 Å². The van der Waals surface area contributed by atoms with Gasteiger partial charge in [0.15, 0.2) is 5.82 Å². The highest BCUT2D eigenvalue weighted by Gasteiger charge is 2.33. The van der Waals surface area contributed by atoms with Crippen molar-refractivity contribution in [3.8, 4) is 0 Å². The molecular weight excluding hydrogens is 404 g/mol. The van der Waals surface area contributed by atoms with Crippen LogP contribution in [0.5, 0.6) is 0 Å². The number of hydrogen-bond acceptors (Lipinski definition) is 5. The number of nitrogens with one attached hydrogen (secondary N) is 2. The second kappa shape index (κ2) is 9.30. The summed E-state index contributed by atoms with van der Waals surface area (Å²) in [5, 5.41) is 4.51. The second-order valence-electron chi connectivity index (χ2n) is 8.57. The third kappa shape index (κ3) is 4.36. The summed E-state index contributed by atoms with van der Waals surface area (Å²) in [4.78, 5) is 23.1. The first kappa shape index (κ1) is 22.3. The minimum absolute atomic E-state index is 0.0631. The van der Waals surface area contributed by atoms with Crippen molar-refractivity contribution in [2.45, 2.75) is 40.3 Å². The summed E-state index contributed by atoms with van der Waals surface area (Å²) in [6.07, 6.45) is 0.0655. The summed E-state index contributed by atoms with van der Waals surface area (Å²) >= 11 is 0. The van der Waals surface area contributed by atoms with Crippen molar-refractivity contribution in [2.75, 3.05) is 38.7 Å². The highest BCUT2D eigenvalue weighted by atomic mass is 16.5. The second-order valence-corrected chi connectivity index (χ2v) is 8.57. The van der Waals surface area contributed by atoms with E-state index in [1.165, 1.54) is 16.7 Å². The van der Waals surface area contributed by atoms with E-state index < -0.39 is 0 Å². The lowest BCUT2D eigenvalue weighted by Gasteiger charge is -2.38. The zero-order chi connectivity index (χ0) is 22.8. The number of rotatable bonds is 8. The molecule has 3 aromatic rings. The largest absolute Gasteiger partial charge is 0.382 e. The third-order valence-electron chi connectivity index (χ3n) is 6.37. The highest BCUT2D eigenvalue weighted by Crippen LogP contribution is 2.29. The van der Waals surface area contributed by atoms with Gasteiger partial charge < -0.3 is 24.7 Å². The van der Waals surface area contributed by atoms with Crippen LogP contribution in [0.1, 0.15) is 38.4 Å². The number of carbonyl (C=O) groups excluding carboxylic acids is 1. The maximum Gasteiger partial charge on any atom is 0.272 e. The van der Waals surface area contributed by atoms with Crippen LogP contribution in [0, 0.1) is 27.7 Å². The van der Waals surface area contributed by atoms with Crippen LogP contribution >= 0.6 is 0 Å². The Labute approximate surface area is 189 Å². The Morgan fingerprint density at radius 1 is 1.19 bits per heavy atom. The predicted octanol–water partition coefficient (Wildman–Crippen LogP) is 3.90. The number of aromatic amines is 1. The van der Waals surface area contributed by atoms with Crippen molar-refractivity contribution >= 4 is 22.6 Å². The first-order chi connectivity index (χ1) is 15.4. The maximum absolute atomic E-state index is 13.1. The Kier molecular flexibility index (Phi) is 6.48. The fourth-order valence-corrected chi connectivity index (χ4v) is 4.16. The van der Waals surface area contributed by atoms with Crippen LogP contribution in [0.15, 0.2) is 24.3 Å². The number of amides is 1. The number of hydrogen-bond donors (Lipinski definition) is 2. The number of fused-ring (bicyclic) bond motifs is 1. The molecule has 2 aromatic heterocycles. The third-order valence-corrected chi connectivity index (χ3v) is 6.37. The van der Waals surface area contributed by atoms with E-state index in [1.54, 1.807) is 12.0 Å². The molecule has 32 heavy (non-hydrogen) atoms. The zero-order valence-electron chi connectivity index (χ0n) is 19.5. The molecule has 0 unspecified atom stereocenters. The van der Waals surface area contributed by atoms with Gasteiger partial charge in [-0.3, -0.25) is 4.79 Å². The van der Waals surface area contributed by atoms with Gasteiger partial charge in [0.2, 0.25) is 0 Å². The van der Waals surface area contributed by atoms with Gasteiger partial charge >= 0.3 is 0 Å². The molecule has 1 fully saturated rings. The van der Waals surface area contributed by atoms with Crippen LogP contribution in [0.3, 0.4) is 0 Å². The lowest BCUT2D eigenvalue weighted by atomic mass is 10.0. The standard InChI is InChI=1S/C25H32N4O3/c1-15-7-6-8-16(2)21(15)12-26-24-23-20(17(3)18(4)27-23)11-22(28-24)25(30)29-13-19(14-29)32-10-9-31-5/h6-8,11,19,27H,9-10,12-14H2,1-5H3,(H,26,28). The van der Waals surface area contributed by atoms with Crippen LogP contribution < -0.4 is 5.32 Å². The summed E-state index contributed by atoms with van der Waals surface area (Å²) in [6.45, 7) is 11.3. The number of pyridine rings is 1. The van der Waals surface area contributed by atoms with Crippen molar-refractivity contribution in [3.05, 3.63) is 57.9 Å². The van der Waals surface area contributed by atoms with Crippen LogP contribution in [0.25, 0.3) is 10.9 Å². The van der Waals surface area contributed by atoms with Gasteiger partial charge in [-0.15, -0.1) is 0 Å². The van der Waals surface area contributed by atoms with E-state index in [0.717, 1.165) is 22.2 Å². The molecule has 3 heterocycles. The number of anilines is 1. The van der Waals surface area contributed by atoms with E-state index in [0.29, 0.717) is 44.4 Å². The highest BCUT2D eigenvalue weighted by molar-refractivity contribution is 6.01. The number of ether oxygens (including phenoxy) is 2. The predicted molar refractivity (Wildman–Crippen MR) is 126 cm³/mol. The number of aryl methyl sites for hydroxylation is 4.